The highest BCUT2D eigenvalue weighted by Crippen LogP contribution is 2.23. The van der Waals surface area contributed by atoms with Gasteiger partial charge in [0, 0.05) is 0 Å². The maximum absolute atomic E-state index is 12.3. The van der Waals surface area contributed by atoms with E-state index in [1.165, 1.54) is 0 Å². The van der Waals surface area contributed by atoms with Gasteiger partial charge in [0.05, 0.1) is 17.9 Å². The molecule has 0 bridgehead atoms. The Morgan fingerprint density at radius 3 is 2.17 bits per heavy atom. The first kappa shape index (κ1) is 23.1. The van der Waals surface area contributed by atoms with Gasteiger partial charge in [-0.25, -0.2) is 4.79 Å². The molecule has 0 radical (unpaired) electrons. The van der Waals surface area contributed by atoms with Gasteiger partial charge < -0.3 is 14.6 Å². The molecule has 0 aliphatic rings. The van der Waals surface area contributed by atoms with E-state index in [4.69, 9.17) is 9.47 Å². The van der Waals surface area contributed by atoms with Crippen LogP contribution in [0.15, 0.2) is 42.5 Å². The number of hydrogen-bond donors (Lipinski definition) is 1. The summed E-state index contributed by atoms with van der Waals surface area (Å²) in [6.45, 7) is 9.07. The summed E-state index contributed by atoms with van der Waals surface area (Å²) < 4.78 is 10.6. The SMILES string of the molecule is Cc1ccc(C(=O)OCc2ccc([C@H](CC(=O)OC(C)(C)C)C(=O)O)cc2)c(C)c1. The summed E-state index contributed by atoms with van der Waals surface area (Å²) in [6.07, 6.45) is -0.256. The van der Waals surface area contributed by atoms with E-state index in [9.17, 15) is 19.5 Å². The summed E-state index contributed by atoms with van der Waals surface area (Å²) in [7, 11) is 0. The van der Waals surface area contributed by atoms with Crippen molar-refractivity contribution in [3.05, 3.63) is 70.3 Å². The van der Waals surface area contributed by atoms with Gasteiger partial charge in [0.25, 0.3) is 0 Å². The van der Waals surface area contributed by atoms with Gasteiger partial charge in [-0.2, -0.15) is 0 Å². The second-order valence-corrected chi connectivity index (χ2v) is 8.32. The number of carboxylic acid groups (broad SMARTS) is 1. The number of benzene rings is 2. The zero-order valence-electron chi connectivity index (χ0n) is 18.0. The lowest BCUT2D eigenvalue weighted by molar-refractivity contribution is -0.158. The van der Waals surface area contributed by atoms with E-state index in [-0.39, 0.29) is 13.0 Å². The van der Waals surface area contributed by atoms with Crippen molar-refractivity contribution in [2.45, 2.75) is 59.2 Å². The first-order chi connectivity index (χ1) is 14.0. The third kappa shape index (κ3) is 6.72. The number of aryl methyl sites for hydroxylation is 2. The summed E-state index contributed by atoms with van der Waals surface area (Å²) in [5, 5.41) is 9.51. The lowest BCUT2D eigenvalue weighted by Crippen LogP contribution is -2.26. The topological polar surface area (TPSA) is 89.9 Å². The van der Waals surface area contributed by atoms with Crippen LogP contribution in [0.1, 0.15) is 65.7 Å². The van der Waals surface area contributed by atoms with E-state index in [2.05, 4.69) is 0 Å². The molecular weight excluding hydrogens is 384 g/mol. The highest BCUT2D eigenvalue weighted by atomic mass is 16.6. The third-order valence-electron chi connectivity index (χ3n) is 4.44. The Balaban J connectivity index is 2.02. The van der Waals surface area contributed by atoms with Crippen molar-refractivity contribution >= 4 is 17.9 Å². The number of carbonyl (C=O) groups excluding carboxylic acids is 2. The molecule has 2 rings (SSSR count). The van der Waals surface area contributed by atoms with Crippen LogP contribution < -0.4 is 0 Å². The number of ether oxygens (including phenoxy) is 2. The van der Waals surface area contributed by atoms with Crippen molar-refractivity contribution in [1.82, 2.24) is 0 Å². The van der Waals surface area contributed by atoms with Crippen LogP contribution in [0.4, 0.5) is 0 Å². The van der Waals surface area contributed by atoms with Gasteiger partial charge in [0.2, 0.25) is 0 Å². The molecule has 6 nitrogen and oxygen atoms in total. The Labute approximate surface area is 176 Å². The van der Waals surface area contributed by atoms with Crippen LogP contribution in [0.3, 0.4) is 0 Å². The molecule has 0 saturated heterocycles. The van der Waals surface area contributed by atoms with E-state index in [1.807, 2.05) is 26.0 Å². The number of rotatable bonds is 7. The monoisotopic (exact) mass is 412 g/mol. The first-order valence-electron chi connectivity index (χ1n) is 9.74. The molecule has 30 heavy (non-hydrogen) atoms. The lowest BCUT2D eigenvalue weighted by atomic mass is 9.95. The van der Waals surface area contributed by atoms with Gasteiger partial charge in [-0.05, 0) is 57.4 Å². The molecule has 1 atom stereocenters. The van der Waals surface area contributed by atoms with E-state index < -0.39 is 29.4 Å². The molecule has 0 unspecified atom stereocenters. The van der Waals surface area contributed by atoms with Crippen molar-refractivity contribution in [2.24, 2.45) is 0 Å². The smallest absolute Gasteiger partial charge is 0.338 e. The quantitative estimate of drug-likeness (QED) is 0.671. The number of aliphatic carboxylic acids is 1. The van der Waals surface area contributed by atoms with Gasteiger partial charge in [-0.3, -0.25) is 9.59 Å². The summed E-state index contributed by atoms with van der Waals surface area (Å²) in [6, 6.07) is 12.2. The molecule has 0 saturated carbocycles. The fourth-order valence-corrected chi connectivity index (χ4v) is 3.01. The van der Waals surface area contributed by atoms with Gasteiger partial charge in [-0.1, -0.05) is 42.0 Å². The van der Waals surface area contributed by atoms with E-state index in [0.29, 0.717) is 11.1 Å². The summed E-state index contributed by atoms with van der Waals surface area (Å²) in [5.41, 5.74) is 2.96. The minimum absolute atomic E-state index is 0.0657. The predicted molar refractivity (Wildman–Crippen MR) is 112 cm³/mol. The fraction of sp³-hybridized carbons (Fsp3) is 0.375. The molecule has 160 valence electrons. The molecule has 0 aliphatic carbocycles. The Hall–Kier alpha value is -3.15. The minimum atomic E-state index is -1.10. The van der Waals surface area contributed by atoms with E-state index in [0.717, 1.165) is 16.7 Å². The normalized spacial score (nSPS) is 12.2. The molecule has 0 amide bonds. The number of hydrogen-bond acceptors (Lipinski definition) is 5. The number of carbonyl (C=O) groups is 3. The zero-order chi connectivity index (χ0) is 22.5. The van der Waals surface area contributed by atoms with Crippen molar-refractivity contribution in [3.8, 4) is 0 Å². The van der Waals surface area contributed by atoms with Gasteiger partial charge in [0.1, 0.15) is 12.2 Å². The van der Waals surface area contributed by atoms with Crippen molar-refractivity contribution in [3.63, 3.8) is 0 Å². The van der Waals surface area contributed by atoms with Crippen molar-refractivity contribution in [1.29, 1.82) is 0 Å². The molecule has 0 fully saturated rings. The van der Waals surface area contributed by atoms with Crippen LogP contribution in [0.5, 0.6) is 0 Å². The average molecular weight is 412 g/mol. The van der Waals surface area contributed by atoms with Gasteiger partial charge >= 0.3 is 17.9 Å². The fourth-order valence-electron chi connectivity index (χ4n) is 3.01. The summed E-state index contributed by atoms with van der Waals surface area (Å²) in [4.78, 5) is 36.0. The molecule has 6 heteroatoms. The second kappa shape index (κ2) is 9.57. The van der Waals surface area contributed by atoms with E-state index in [1.54, 1.807) is 51.1 Å². The van der Waals surface area contributed by atoms with Crippen molar-refractivity contribution < 1.29 is 29.0 Å². The summed E-state index contributed by atoms with van der Waals surface area (Å²) in [5.74, 6) is -3.09. The van der Waals surface area contributed by atoms with Gasteiger partial charge in [0.15, 0.2) is 0 Å². The van der Waals surface area contributed by atoms with Crippen LogP contribution in [-0.2, 0) is 25.7 Å². The van der Waals surface area contributed by atoms with Crippen LogP contribution in [0, 0.1) is 13.8 Å². The molecule has 0 aromatic heterocycles. The highest BCUT2D eigenvalue weighted by Gasteiger charge is 2.26. The number of carboxylic acids is 1. The van der Waals surface area contributed by atoms with Crippen LogP contribution in [-0.4, -0.2) is 28.6 Å². The molecule has 2 aromatic rings. The standard InChI is InChI=1S/C24H28O6/c1-15-6-11-19(16(2)12-15)23(28)29-14-17-7-9-18(10-8-17)20(22(26)27)13-21(25)30-24(3,4)5/h6-12,20H,13-14H2,1-5H3,(H,26,27)/t20-/m0/s1. The minimum Gasteiger partial charge on any atom is -0.481 e. The molecule has 2 aromatic carbocycles. The Morgan fingerprint density at radius 1 is 1.00 bits per heavy atom. The van der Waals surface area contributed by atoms with Gasteiger partial charge in [-0.15, -0.1) is 0 Å². The molecular formula is C24H28O6. The predicted octanol–water partition coefficient (Wildman–Crippen LogP) is 4.56. The highest BCUT2D eigenvalue weighted by molar-refractivity contribution is 5.91. The Bertz CT molecular complexity index is 922. The maximum atomic E-state index is 12.3. The molecule has 0 spiro atoms. The summed E-state index contributed by atoms with van der Waals surface area (Å²) >= 11 is 0. The Morgan fingerprint density at radius 2 is 1.63 bits per heavy atom. The molecule has 1 N–H and O–H groups in total. The second-order valence-electron chi connectivity index (χ2n) is 8.32. The lowest BCUT2D eigenvalue weighted by Gasteiger charge is -2.21. The van der Waals surface area contributed by atoms with Crippen molar-refractivity contribution in [2.75, 3.05) is 0 Å². The largest absolute Gasteiger partial charge is 0.481 e. The maximum Gasteiger partial charge on any atom is 0.338 e. The van der Waals surface area contributed by atoms with Crippen LogP contribution in [0.25, 0.3) is 0 Å². The third-order valence-corrected chi connectivity index (χ3v) is 4.44. The average Bonchev–Trinajstić information content (AvgIpc) is 2.63. The zero-order valence-corrected chi connectivity index (χ0v) is 18.0. The van der Waals surface area contributed by atoms with E-state index >= 15 is 0 Å². The first-order valence-corrected chi connectivity index (χ1v) is 9.74. The number of esters is 2. The Kier molecular flexibility index (Phi) is 7.38. The molecule has 0 heterocycles. The molecule has 0 aliphatic heterocycles. The van der Waals surface area contributed by atoms with Crippen LogP contribution >= 0.6 is 0 Å². The van der Waals surface area contributed by atoms with Crippen LogP contribution in [0.2, 0.25) is 0 Å².